The van der Waals surface area contributed by atoms with E-state index in [9.17, 15) is 13.2 Å². The van der Waals surface area contributed by atoms with Crippen LogP contribution >= 0.6 is 11.6 Å². The lowest BCUT2D eigenvalue weighted by molar-refractivity contribution is 0.0442. The number of hydrogen-bond donors (Lipinski definition) is 1. The average molecular weight is 332 g/mol. The zero-order valence-corrected chi connectivity index (χ0v) is 13.3. The van der Waals surface area contributed by atoms with Crippen molar-refractivity contribution >= 4 is 27.6 Å². The fourth-order valence-electron chi connectivity index (χ4n) is 2.52. The van der Waals surface area contributed by atoms with Gasteiger partial charge in [0.15, 0.2) is 0 Å². The van der Waals surface area contributed by atoms with Crippen LogP contribution in [0, 0.1) is 12.8 Å². The minimum absolute atomic E-state index is 0.0323. The van der Waals surface area contributed by atoms with Gasteiger partial charge in [-0.2, -0.15) is 0 Å². The van der Waals surface area contributed by atoms with Gasteiger partial charge in [0.2, 0.25) is 10.0 Å². The molecule has 0 heterocycles. The van der Waals surface area contributed by atoms with Gasteiger partial charge in [-0.3, -0.25) is 0 Å². The number of aryl methyl sites for hydroxylation is 1. The topological polar surface area (TPSA) is 86.5 Å². The molecule has 1 saturated carbocycles. The van der Waals surface area contributed by atoms with Crippen LogP contribution in [-0.2, 0) is 14.8 Å². The second-order valence-electron chi connectivity index (χ2n) is 5.40. The molecule has 0 aliphatic heterocycles. The van der Waals surface area contributed by atoms with Gasteiger partial charge >= 0.3 is 5.97 Å². The normalized spacial score (nSPS) is 16.1. The smallest absolute Gasteiger partial charge is 0.338 e. The number of rotatable bonds is 4. The van der Waals surface area contributed by atoms with Crippen molar-refractivity contribution in [3.8, 4) is 0 Å². The van der Waals surface area contributed by atoms with Crippen LogP contribution in [-0.4, -0.2) is 21.0 Å². The first-order valence-corrected chi connectivity index (χ1v) is 8.71. The molecule has 21 heavy (non-hydrogen) atoms. The Kier molecular flexibility index (Phi) is 4.91. The van der Waals surface area contributed by atoms with Gasteiger partial charge in [-0.05, 0) is 43.4 Å². The second-order valence-corrected chi connectivity index (χ2v) is 7.31. The van der Waals surface area contributed by atoms with Crippen LogP contribution in [0.4, 0.5) is 0 Å². The zero-order valence-electron chi connectivity index (χ0n) is 11.8. The van der Waals surface area contributed by atoms with Gasteiger partial charge in [0.1, 0.15) is 4.90 Å². The van der Waals surface area contributed by atoms with E-state index in [1.54, 1.807) is 6.92 Å². The molecule has 0 unspecified atom stereocenters. The summed E-state index contributed by atoms with van der Waals surface area (Å²) in [6, 6.07) is 2.68. The van der Waals surface area contributed by atoms with Crippen LogP contribution in [0.25, 0.3) is 0 Å². The van der Waals surface area contributed by atoms with E-state index in [0.29, 0.717) is 18.1 Å². The molecule has 116 valence electrons. The average Bonchev–Trinajstić information content (AvgIpc) is 2.90. The first-order chi connectivity index (χ1) is 9.79. The fourth-order valence-corrected chi connectivity index (χ4v) is 3.65. The van der Waals surface area contributed by atoms with E-state index in [-0.39, 0.29) is 15.5 Å². The number of primary sulfonamides is 1. The van der Waals surface area contributed by atoms with Crippen molar-refractivity contribution in [1.29, 1.82) is 0 Å². The number of carbonyl (C=O) groups is 1. The lowest BCUT2D eigenvalue weighted by atomic mass is 10.1. The number of halogens is 1. The maximum atomic E-state index is 12.0. The molecule has 2 rings (SSSR count). The lowest BCUT2D eigenvalue weighted by Gasteiger charge is -2.12. The van der Waals surface area contributed by atoms with E-state index in [2.05, 4.69) is 0 Å². The van der Waals surface area contributed by atoms with Crippen molar-refractivity contribution in [3.05, 3.63) is 28.3 Å². The van der Waals surface area contributed by atoms with Crippen molar-refractivity contribution < 1.29 is 17.9 Å². The van der Waals surface area contributed by atoms with Gasteiger partial charge in [0, 0.05) is 0 Å². The highest BCUT2D eigenvalue weighted by molar-refractivity contribution is 7.89. The molecule has 7 heteroatoms. The summed E-state index contributed by atoms with van der Waals surface area (Å²) in [4.78, 5) is 11.8. The Balaban J connectivity index is 2.19. The number of sulfonamides is 1. The van der Waals surface area contributed by atoms with E-state index < -0.39 is 16.0 Å². The maximum Gasteiger partial charge on any atom is 0.338 e. The molecule has 2 N–H and O–H groups in total. The van der Waals surface area contributed by atoms with Crippen molar-refractivity contribution in [1.82, 2.24) is 0 Å². The highest BCUT2D eigenvalue weighted by Crippen LogP contribution is 2.27. The Labute approximate surface area is 129 Å². The molecule has 1 fully saturated rings. The molecule has 1 aliphatic rings. The van der Waals surface area contributed by atoms with E-state index in [0.717, 1.165) is 25.7 Å². The predicted molar refractivity (Wildman–Crippen MR) is 79.8 cm³/mol. The van der Waals surface area contributed by atoms with Crippen LogP contribution in [0.1, 0.15) is 41.6 Å². The number of hydrogen-bond acceptors (Lipinski definition) is 4. The standard InChI is InChI=1S/C14H18ClNO4S/c1-9-6-11(7-12(13(9)15)21(16,18)19)14(17)20-8-10-4-2-3-5-10/h6-7,10H,2-5,8H2,1H3,(H2,16,18,19). The first-order valence-electron chi connectivity index (χ1n) is 6.79. The van der Waals surface area contributed by atoms with Crippen molar-refractivity contribution in [2.75, 3.05) is 6.61 Å². The van der Waals surface area contributed by atoms with Crippen LogP contribution < -0.4 is 5.14 Å². The molecule has 1 aliphatic carbocycles. The Morgan fingerprint density at radius 3 is 2.57 bits per heavy atom. The van der Waals surface area contributed by atoms with Gasteiger partial charge in [-0.15, -0.1) is 0 Å². The highest BCUT2D eigenvalue weighted by atomic mass is 35.5. The summed E-state index contributed by atoms with van der Waals surface area (Å²) in [5.74, 6) is -0.147. The van der Waals surface area contributed by atoms with Crippen LogP contribution in [0.2, 0.25) is 5.02 Å². The van der Waals surface area contributed by atoms with Crippen LogP contribution in [0.5, 0.6) is 0 Å². The molecule has 0 amide bonds. The Hall–Kier alpha value is -1.11. The summed E-state index contributed by atoms with van der Waals surface area (Å²) >= 11 is 5.92. The fraction of sp³-hybridized carbons (Fsp3) is 0.500. The number of esters is 1. The molecule has 0 radical (unpaired) electrons. The molecule has 0 atom stereocenters. The largest absolute Gasteiger partial charge is 0.462 e. The number of carbonyl (C=O) groups excluding carboxylic acids is 1. The molecular formula is C14H18ClNO4S. The van der Waals surface area contributed by atoms with Gasteiger partial charge < -0.3 is 4.74 Å². The Morgan fingerprint density at radius 1 is 1.38 bits per heavy atom. The third-order valence-electron chi connectivity index (χ3n) is 3.69. The Morgan fingerprint density at radius 2 is 2.00 bits per heavy atom. The van der Waals surface area contributed by atoms with Crippen molar-refractivity contribution in [3.63, 3.8) is 0 Å². The maximum absolute atomic E-state index is 12.0. The lowest BCUT2D eigenvalue weighted by Crippen LogP contribution is -2.16. The molecule has 1 aromatic rings. The summed E-state index contributed by atoms with van der Waals surface area (Å²) < 4.78 is 28.2. The van der Waals surface area contributed by atoms with Crippen LogP contribution in [0.15, 0.2) is 17.0 Å². The molecule has 0 saturated heterocycles. The number of ether oxygens (including phenoxy) is 1. The highest BCUT2D eigenvalue weighted by Gasteiger charge is 2.21. The molecule has 0 spiro atoms. The summed E-state index contributed by atoms with van der Waals surface area (Å²) in [7, 11) is -3.98. The zero-order chi connectivity index (χ0) is 15.6. The van der Waals surface area contributed by atoms with Gasteiger partial charge in [0.25, 0.3) is 0 Å². The molecule has 5 nitrogen and oxygen atoms in total. The summed E-state index contributed by atoms with van der Waals surface area (Å²) in [5, 5.41) is 5.14. The molecule has 0 bridgehead atoms. The molecule has 0 aromatic heterocycles. The van der Waals surface area contributed by atoms with Crippen LogP contribution in [0.3, 0.4) is 0 Å². The monoisotopic (exact) mass is 331 g/mol. The van der Waals surface area contributed by atoms with Gasteiger partial charge in [-0.25, -0.2) is 18.4 Å². The van der Waals surface area contributed by atoms with E-state index in [1.165, 1.54) is 12.1 Å². The van der Waals surface area contributed by atoms with E-state index in [1.807, 2.05) is 0 Å². The SMILES string of the molecule is Cc1cc(C(=O)OCC2CCCC2)cc(S(N)(=O)=O)c1Cl. The summed E-state index contributed by atoms with van der Waals surface area (Å²) in [5.41, 5.74) is 0.620. The van der Waals surface area contributed by atoms with Gasteiger partial charge in [-0.1, -0.05) is 24.4 Å². The molecular weight excluding hydrogens is 314 g/mol. The third-order valence-corrected chi connectivity index (χ3v) is 5.24. The second kappa shape index (κ2) is 6.34. The summed E-state index contributed by atoms with van der Waals surface area (Å²) in [6.45, 7) is 1.98. The first kappa shape index (κ1) is 16.3. The predicted octanol–water partition coefficient (Wildman–Crippen LogP) is 2.64. The minimum atomic E-state index is -3.98. The van der Waals surface area contributed by atoms with Gasteiger partial charge in [0.05, 0.1) is 17.2 Å². The molecule has 1 aromatic carbocycles. The van der Waals surface area contributed by atoms with E-state index >= 15 is 0 Å². The minimum Gasteiger partial charge on any atom is -0.462 e. The Bertz CT molecular complexity index is 651. The third kappa shape index (κ3) is 3.96. The number of benzene rings is 1. The van der Waals surface area contributed by atoms with E-state index in [4.69, 9.17) is 21.5 Å². The summed E-state index contributed by atoms with van der Waals surface area (Å²) in [6.07, 6.45) is 4.46. The van der Waals surface area contributed by atoms with Crippen molar-refractivity contribution in [2.24, 2.45) is 11.1 Å². The van der Waals surface area contributed by atoms with Crippen molar-refractivity contribution in [2.45, 2.75) is 37.5 Å². The number of nitrogens with two attached hydrogens (primary N) is 1. The quantitative estimate of drug-likeness (QED) is 0.859.